The van der Waals surface area contributed by atoms with Crippen LogP contribution < -0.4 is 0 Å². The smallest absolute Gasteiger partial charge is 0.338 e. The van der Waals surface area contributed by atoms with Gasteiger partial charge < -0.3 is 10.0 Å². The molecular formula is C14H21N3O3. The predicted molar refractivity (Wildman–Crippen MR) is 73.3 cm³/mol. The Labute approximate surface area is 118 Å². The molecule has 2 unspecified atom stereocenters. The van der Waals surface area contributed by atoms with Crippen LogP contribution in [0.2, 0.25) is 0 Å². The summed E-state index contributed by atoms with van der Waals surface area (Å²) in [6.07, 6.45) is 4.29. The summed E-state index contributed by atoms with van der Waals surface area (Å²) in [6.45, 7) is 6.40. The average Bonchev–Trinajstić information content (AvgIpc) is 2.83. The van der Waals surface area contributed by atoms with Gasteiger partial charge in [0, 0.05) is 32.3 Å². The summed E-state index contributed by atoms with van der Waals surface area (Å²) in [6, 6.07) is 0. The highest BCUT2D eigenvalue weighted by Crippen LogP contribution is 2.21. The van der Waals surface area contributed by atoms with Gasteiger partial charge in [-0.15, -0.1) is 0 Å². The topological polar surface area (TPSA) is 75.4 Å². The van der Waals surface area contributed by atoms with Crippen molar-refractivity contribution < 1.29 is 14.7 Å². The zero-order valence-electron chi connectivity index (χ0n) is 12.0. The number of carbonyl (C=O) groups excluding carboxylic acids is 1. The summed E-state index contributed by atoms with van der Waals surface area (Å²) >= 11 is 0. The van der Waals surface area contributed by atoms with Crippen molar-refractivity contribution >= 4 is 11.9 Å². The molecule has 2 atom stereocenters. The summed E-state index contributed by atoms with van der Waals surface area (Å²) in [5.74, 6) is 0.217. The Morgan fingerprint density at radius 3 is 2.55 bits per heavy atom. The fourth-order valence-electron chi connectivity index (χ4n) is 2.83. The second kappa shape index (κ2) is 6.07. The van der Waals surface area contributed by atoms with E-state index in [2.05, 4.69) is 18.9 Å². The molecule has 1 aliphatic rings. The lowest BCUT2D eigenvalue weighted by atomic mass is 9.92. The Morgan fingerprint density at radius 1 is 1.35 bits per heavy atom. The van der Waals surface area contributed by atoms with E-state index in [1.54, 1.807) is 0 Å². The van der Waals surface area contributed by atoms with E-state index >= 15 is 0 Å². The van der Waals surface area contributed by atoms with E-state index in [0.29, 0.717) is 24.8 Å². The summed E-state index contributed by atoms with van der Waals surface area (Å²) in [7, 11) is 0. The van der Waals surface area contributed by atoms with Crippen molar-refractivity contribution in [1.29, 1.82) is 0 Å². The lowest BCUT2D eigenvalue weighted by Gasteiger charge is -2.35. The molecule has 1 aromatic heterocycles. The number of aromatic nitrogens is 2. The first kappa shape index (κ1) is 14.6. The highest BCUT2D eigenvalue weighted by atomic mass is 16.4. The van der Waals surface area contributed by atoms with Crippen molar-refractivity contribution in [1.82, 2.24) is 14.7 Å². The molecule has 20 heavy (non-hydrogen) atoms. The first-order chi connectivity index (χ1) is 9.45. The van der Waals surface area contributed by atoms with Crippen LogP contribution in [0.5, 0.6) is 0 Å². The van der Waals surface area contributed by atoms with Crippen LogP contribution >= 0.6 is 0 Å². The molecule has 0 spiro atoms. The quantitative estimate of drug-likeness (QED) is 0.905. The number of aromatic carboxylic acids is 1. The number of hydrogen-bond donors (Lipinski definition) is 1. The van der Waals surface area contributed by atoms with Gasteiger partial charge in [-0.1, -0.05) is 13.8 Å². The molecule has 0 radical (unpaired) electrons. The molecule has 6 heteroatoms. The van der Waals surface area contributed by atoms with E-state index in [4.69, 9.17) is 5.11 Å². The summed E-state index contributed by atoms with van der Waals surface area (Å²) in [5, 5.41) is 12.8. The van der Waals surface area contributed by atoms with Gasteiger partial charge in [0.1, 0.15) is 0 Å². The second-order valence-electron chi connectivity index (χ2n) is 5.79. The van der Waals surface area contributed by atoms with Crippen LogP contribution in [0.25, 0.3) is 0 Å². The van der Waals surface area contributed by atoms with Crippen molar-refractivity contribution in [3.05, 3.63) is 18.0 Å². The van der Waals surface area contributed by atoms with Gasteiger partial charge in [0.2, 0.25) is 5.91 Å². The Balaban J connectivity index is 1.86. The number of nitrogens with zero attached hydrogens (tertiary/aromatic N) is 3. The van der Waals surface area contributed by atoms with Crippen molar-refractivity contribution in [3.8, 4) is 0 Å². The molecule has 0 saturated carbocycles. The lowest BCUT2D eigenvalue weighted by Crippen LogP contribution is -2.42. The third kappa shape index (κ3) is 3.59. The highest BCUT2D eigenvalue weighted by Gasteiger charge is 2.25. The fraction of sp³-hybridized carbons (Fsp3) is 0.643. The predicted octanol–water partition coefficient (Wildman–Crippen LogP) is 1.48. The number of rotatable bonds is 4. The van der Waals surface area contributed by atoms with Crippen LogP contribution in [0.1, 0.15) is 37.0 Å². The number of amides is 1. The van der Waals surface area contributed by atoms with Crippen molar-refractivity contribution in [2.75, 3.05) is 13.1 Å². The first-order valence-electron chi connectivity index (χ1n) is 6.99. The minimum atomic E-state index is -0.999. The van der Waals surface area contributed by atoms with Gasteiger partial charge in [-0.25, -0.2) is 4.79 Å². The normalized spacial score (nSPS) is 22.8. The minimum absolute atomic E-state index is 0.121. The third-order valence-corrected chi connectivity index (χ3v) is 3.66. The zero-order chi connectivity index (χ0) is 14.7. The number of piperidine rings is 1. The van der Waals surface area contributed by atoms with Crippen LogP contribution in [-0.2, 0) is 11.3 Å². The van der Waals surface area contributed by atoms with Crippen LogP contribution in [0.4, 0.5) is 0 Å². The second-order valence-corrected chi connectivity index (χ2v) is 5.79. The first-order valence-corrected chi connectivity index (χ1v) is 6.99. The molecule has 1 aliphatic heterocycles. The third-order valence-electron chi connectivity index (χ3n) is 3.66. The molecule has 1 fully saturated rings. The van der Waals surface area contributed by atoms with Gasteiger partial charge in [0.05, 0.1) is 11.8 Å². The molecule has 1 amide bonds. The monoisotopic (exact) mass is 279 g/mol. The number of hydrogen-bond acceptors (Lipinski definition) is 3. The Kier molecular flexibility index (Phi) is 4.42. The average molecular weight is 279 g/mol. The maximum absolute atomic E-state index is 12.2. The van der Waals surface area contributed by atoms with Gasteiger partial charge in [-0.05, 0) is 18.3 Å². The van der Waals surface area contributed by atoms with E-state index in [-0.39, 0.29) is 11.5 Å². The molecule has 0 aromatic carbocycles. The molecule has 0 aliphatic carbocycles. The summed E-state index contributed by atoms with van der Waals surface area (Å²) in [4.78, 5) is 24.8. The SMILES string of the molecule is CC1CC(C)CN(C(=O)CCn2cc(C(=O)O)cn2)C1. The lowest BCUT2D eigenvalue weighted by molar-refractivity contribution is -0.134. The highest BCUT2D eigenvalue weighted by molar-refractivity contribution is 5.86. The van der Waals surface area contributed by atoms with E-state index in [1.165, 1.54) is 23.5 Å². The Hall–Kier alpha value is -1.85. The molecule has 1 N–H and O–H groups in total. The molecule has 1 aromatic rings. The van der Waals surface area contributed by atoms with E-state index in [0.717, 1.165) is 13.1 Å². The number of carboxylic acid groups (broad SMARTS) is 1. The standard InChI is InChI=1S/C14H21N3O3/c1-10-5-11(2)8-16(7-10)13(18)3-4-17-9-12(6-15-17)14(19)20/h6,9-11H,3-5,7-8H2,1-2H3,(H,19,20). The fourth-order valence-corrected chi connectivity index (χ4v) is 2.83. The molecule has 2 heterocycles. The van der Waals surface area contributed by atoms with Gasteiger partial charge in [-0.2, -0.15) is 5.10 Å². The minimum Gasteiger partial charge on any atom is -0.478 e. The molecule has 6 nitrogen and oxygen atoms in total. The maximum Gasteiger partial charge on any atom is 0.338 e. The zero-order valence-corrected chi connectivity index (χ0v) is 12.0. The molecule has 110 valence electrons. The van der Waals surface area contributed by atoms with Crippen molar-refractivity contribution in [2.45, 2.75) is 33.2 Å². The van der Waals surface area contributed by atoms with Crippen LogP contribution in [0.3, 0.4) is 0 Å². The van der Waals surface area contributed by atoms with E-state index < -0.39 is 5.97 Å². The number of carboxylic acids is 1. The van der Waals surface area contributed by atoms with Gasteiger partial charge >= 0.3 is 5.97 Å². The molecule has 0 bridgehead atoms. The number of aryl methyl sites for hydroxylation is 1. The maximum atomic E-state index is 12.2. The van der Waals surface area contributed by atoms with Gasteiger partial charge in [0.25, 0.3) is 0 Å². The van der Waals surface area contributed by atoms with Crippen LogP contribution in [0, 0.1) is 11.8 Å². The largest absolute Gasteiger partial charge is 0.478 e. The molecule has 2 rings (SSSR count). The Bertz CT molecular complexity index is 488. The van der Waals surface area contributed by atoms with E-state index in [1.807, 2.05) is 4.90 Å². The summed E-state index contributed by atoms with van der Waals surface area (Å²) < 4.78 is 1.51. The van der Waals surface area contributed by atoms with Crippen LogP contribution in [0.15, 0.2) is 12.4 Å². The van der Waals surface area contributed by atoms with Crippen molar-refractivity contribution in [3.63, 3.8) is 0 Å². The van der Waals surface area contributed by atoms with Gasteiger partial charge in [-0.3, -0.25) is 9.48 Å². The molecular weight excluding hydrogens is 258 g/mol. The summed E-state index contributed by atoms with van der Waals surface area (Å²) in [5.41, 5.74) is 0.151. The van der Waals surface area contributed by atoms with E-state index in [9.17, 15) is 9.59 Å². The van der Waals surface area contributed by atoms with Gasteiger partial charge in [0.15, 0.2) is 0 Å². The van der Waals surface area contributed by atoms with Crippen molar-refractivity contribution in [2.24, 2.45) is 11.8 Å². The number of carbonyl (C=O) groups is 2. The van der Waals surface area contributed by atoms with Crippen LogP contribution in [-0.4, -0.2) is 44.8 Å². The Morgan fingerprint density at radius 2 is 2.00 bits per heavy atom. The number of likely N-dealkylation sites (tertiary alicyclic amines) is 1. The molecule has 1 saturated heterocycles.